The molecule has 0 bridgehead atoms. The molecule has 0 radical (unpaired) electrons. The number of benzene rings is 1. The van der Waals surface area contributed by atoms with Crippen LogP contribution in [0.5, 0.6) is 5.75 Å². The fourth-order valence-electron chi connectivity index (χ4n) is 3.86. The number of para-hydroxylation sites is 1. The summed E-state index contributed by atoms with van der Waals surface area (Å²) in [5.74, 6) is -0.268. The fraction of sp³-hybridized carbons (Fsp3) is 0.579. The summed E-state index contributed by atoms with van der Waals surface area (Å²) in [6.45, 7) is 4.76. The highest BCUT2D eigenvalue weighted by Gasteiger charge is 2.46. The predicted molar refractivity (Wildman–Crippen MR) is 93.5 cm³/mol. The van der Waals surface area contributed by atoms with Crippen LogP contribution < -0.4 is 4.74 Å². The Bertz CT molecular complexity index is 611. The van der Waals surface area contributed by atoms with Gasteiger partial charge in [0.1, 0.15) is 5.75 Å². The van der Waals surface area contributed by atoms with E-state index in [9.17, 15) is 14.7 Å². The van der Waals surface area contributed by atoms with E-state index in [0.717, 1.165) is 25.9 Å². The predicted octanol–water partition coefficient (Wildman–Crippen LogP) is 2.00. The average Bonchev–Trinajstić information content (AvgIpc) is 3.11. The third-order valence-corrected chi connectivity index (χ3v) is 5.38. The highest BCUT2D eigenvalue weighted by Crippen LogP contribution is 2.30. The molecular formula is C19H26N2O4. The Hall–Kier alpha value is -2.08. The maximum Gasteiger partial charge on any atom is 0.348 e. The smallest absolute Gasteiger partial charge is 0.348 e. The van der Waals surface area contributed by atoms with E-state index in [1.54, 1.807) is 12.1 Å². The zero-order valence-electron chi connectivity index (χ0n) is 14.7. The van der Waals surface area contributed by atoms with Gasteiger partial charge in [-0.3, -0.25) is 9.69 Å². The molecule has 3 rings (SSSR count). The van der Waals surface area contributed by atoms with E-state index in [-0.39, 0.29) is 11.9 Å². The van der Waals surface area contributed by atoms with Crippen molar-refractivity contribution >= 4 is 11.9 Å². The van der Waals surface area contributed by atoms with Gasteiger partial charge in [0.25, 0.3) is 0 Å². The first kappa shape index (κ1) is 17.7. The summed E-state index contributed by atoms with van der Waals surface area (Å²) < 4.78 is 5.85. The number of carbonyl (C=O) groups excluding carboxylic acids is 1. The van der Waals surface area contributed by atoms with Gasteiger partial charge in [-0.1, -0.05) is 25.1 Å². The molecular weight excluding hydrogens is 320 g/mol. The number of hydrogen-bond acceptors (Lipinski definition) is 4. The van der Waals surface area contributed by atoms with Gasteiger partial charge in [0.15, 0.2) is 0 Å². The summed E-state index contributed by atoms with van der Waals surface area (Å²) in [7, 11) is 0. The summed E-state index contributed by atoms with van der Waals surface area (Å²) in [6, 6.07) is 8.99. The topological polar surface area (TPSA) is 70.1 Å². The summed E-state index contributed by atoms with van der Waals surface area (Å²) in [5, 5.41) is 9.73. The van der Waals surface area contributed by atoms with Gasteiger partial charge in [0.2, 0.25) is 11.5 Å². The number of nitrogens with zero attached hydrogens (tertiary/aromatic N) is 2. The Balaban J connectivity index is 1.66. The molecule has 0 spiro atoms. The number of carbonyl (C=O) groups is 2. The van der Waals surface area contributed by atoms with Crippen molar-refractivity contribution in [1.29, 1.82) is 0 Å². The summed E-state index contributed by atoms with van der Waals surface area (Å²) >= 11 is 0. The minimum absolute atomic E-state index is 0.0441. The molecule has 1 aromatic rings. The molecule has 1 aromatic carbocycles. The van der Waals surface area contributed by atoms with Crippen LogP contribution in [-0.4, -0.2) is 64.6 Å². The van der Waals surface area contributed by atoms with Crippen LogP contribution in [-0.2, 0) is 9.59 Å². The number of likely N-dealkylation sites (tertiary alicyclic amines) is 2. The largest absolute Gasteiger partial charge is 0.478 e. The van der Waals surface area contributed by atoms with Crippen LogP contribution in [0.3, 0.4) is 0 Å². The maximum atomic E-state index is 12.8. The molecule has 25 heavy (non-hydrogen) atoms. The minimum Gasteiger partial charge on any atom is -0.478 e. The Morgan fingerprint density at radius 3 is 2.48 bits per heavy atom. The Morgan fingerprint density at radius 1 is 1.20 bits per heavy atom. The monoisotopic (exact) mass is 346 g/mol. The maximum absolute atomic E-state index is 12.8. The summed E-state index contributed by atoms with van der Waals surface area (Å²) in [4.78, 5) is 28.7. The Morgan fingerprint density at radius 2 is 1.88 bits per heavy atom. The number of likely N-dealkylation sites (N-methyl/N-ethyl adjacent to an activating group) is 1. The van der Waals surface area contributed by atoms with Gasteiger partial charge in [-0.05, 0) is 38.1 Å². The van der Waals surface area contributed by atoms with E-state index < -0.39 is 11.6 Å². The molecule has 2 saturated heterocycles. The SMILES string of the molecule is CCN1CCCC1C(=O)N1CCC(Oc2ccccc2)(C(=O)O)CC1. The van der Waals surface area contributed by atoms with Crippen molar-refractivity contribution in [1.82, 2.24) is 9.80 Å². The molecule has 1 N–H and O–H groups in total. The number of piperidine rings is 1. The van der Waals surface area contributed by atoms with Gasteiger partial charge < -0.3 is 14.7 Å². The van der Waals surface area contributed by atoms with Gasteiger partial charge >= 0.3 is 5.97 Å². The first-order chi connectivity index (χ1) is 12.1. The zero-order valence-corrected chi connectivity index (χ0v) is 14.7. The molecule has 1 amide bonds. The van der Waals surface area contributed by atoms with Crippen LogP contribution in [0.2, 0.25) is 0 Å². The number of aliphatic carboxylic acids is 1. The fourth-order valence-corrected chi connectivity index (χ4v) is 3.86. The van der Waals surface area contributed by atoms with Gasteiger partial charge in [-0.25, -0.2) is 4.79 Å². The van der Waals surface area contributed by atoms with E-state index >= 15 is 0 Å². The van der Waals surface area contributed by atoms with E-state index in [0.29, 0.717) is 31.7 Å². The van der Waals surface area contributed by atoms with Crippen molar-refractivity contribution in [2.75, 3.05) is 26.2 Å². The van der Waals surface area contributed by atoms with Crippen LogP contribution >= 0.6 is 0 Å². The number of carboxylic acid groups (broad SMARTS) is 1. The van der Waals surface area contributed by atoms with E-state index in [1.165, 1.54) is 0 Å². The lowest BCUT2D eigenvalue weighted by atomic mass is 9.90. The molecule has 6 heteroatoms. The van der Waals surface area contributed by atoms with Crippen LogP contribution in [0.4, 0.5) is 0 Å². The quantitative estimate of drug-likeness (QED) is 0.883. The number of rotatable bonds is 5. The van der Waals surface area contributed by atoms with Crippen LogP contribution in [0.15, 0.2) is 30.3 Å². The highest BCUT2D eigenvalue weighted by molar-refractivity contribution is 5.83. The second-order valence-corrected chi connectivity index (χ2v) is 6.83. The Labute approximate surface area is 148 Å². The van der Waals surface area contributed by atoms with Crippen molar-refractivity contribution in [3.8, 4) is 5.75 Å². The third-order valence-electron chi connectivity index (χ3n) is 5.38. The highest BCUT2D eigenvalue weighted by atomic mass is 16.5. The molecule has 0 aromatic heterocycles. The van der Waals surface area contributed by atoms with Gasteiger partial charge in [-0.15, -0.1) is 0 Å². The number of amides is 1. The van der Waals surface area contributed by atoms with E-state index in [2.05, 4.69) is 11.8 Å². The molecule has 2 aliphatic heterocycles. The molecule has 0 aliphatic carbocycles. The number of carboxylic acids is 1. The molecule has 1 atom stereocenters. The average molecular weight is 346 g/mol. The molecule has 2 aliphatic rings. The summed E-state index contributed by atoms with van der Waals surface area (Å²) in [6.07, 6.45) is 2.56. The van der Waals surface area contributed by atoms with Crippen LogP contribution in [0.25, 0.3) is 0 Å². The lowest BCUT2D eigenvalue weighted by Gasteiger charge is -2.40. The second kappa shape index (κ2) is 7.44. The molecule has 2 heterocycles. The first-order valence-corrected chi connectivity index (χ1v) is 9.06. The van der Waals surface area contributed by atoms with Crippen molar-refractivity contribution in [3.05, 3.63) is 30.3 Å². The van der Waals surface area contributed by atoms with E-state index in [1.807, 2.05) is 23.1 Å². The lowest BCUT2D eigenvalue weighted by molar-refractivity contribution is -0.162. The number of ether oxygens (including phenoxy) is 1. The first-order valence-electron chi connectivity index (χ1n) is 9.06. The van der Waals surface area contributed by atoms with Gasteiger partial charge in [0.05, 0.1) is 6.04 Å². The number of hydrogen-bond donors (Lipinski definition) is 1. The van der Waals surface area contributed by atoms with Crippen LogP contribution in [0.1, 0.15) is 32.6 Å². The second-order valence-electron chi connectivity index (χ2n) is 6.83. The molecule has 6 nitrogen and oxygen atoms in total. The van der Waals surface area contributed by atoms with Crippen molar-refractivity contribution < 1.29 is 19.4 Å². The third kappa shape index (κ3) is 3.63. The lowest BCUT2D eigenvalue weighted by Crippen LogP contribution is -2.56. The normalized spacial score (nSPS) is 23.4. The standard InChI is InChI=1S/C19H26N2O4/c1-2-20-12-6-9-16(20)17(22)21-13-10-19(11-14-21,18(23)24)25-15-7-4-3-5-8-15/h3-5,7-8,16H,2,6,9-14H2,1H3,(H,23,24). The zero-order chi connectivity index (χ0) is 17.9. The summed E-state index contributed by atoms with van der Waals surface area (Å²) in [5.41, 5.74) is -1.25. The molecule has 136 valence electrons. The van der Waals surface area contributed by atoms with Gasteiger partial charge in [-0.2, -0.15) is 0 Å². The molecule has 0 saturated carbocycles. The van der Waals surface area contributed by atoms with E-state index in [4.69, 9.17) is 4.74 Å². The minimum atomic E-state index is -1.25. The molecule has 1 unspecified atom stereocenters. The van der Waals surface area contributed by atoms with Gasteiger partial charge in [0, 0.05) is 25.9 Å². The van der Waals surface area contributed by atoms with Crippen molar-refractivity contribution in [3.63, 3.8) is 0 Å². The van der Waals surface area contributed by atoms with Crippen LogP contribution in [0, 0.1) is 0 Å². The van der Waals surface area contributed by atoms with Crippen molar-refractivity contribution in [2.24, 2.45) is 0 Å². The Kier molecular flexibility index (Phi) is 5.27. The molecule has 2 fully saturated rings. The van der Waals surface area contributed by atoms with Crippen molar-refractivity contribution in [2.45, 2.75) is 44.2 Å².